The number of phenols is 1. The second kappa shape index (κ2) is 8.73. The molecule has 7 nitrogen and oxygen atoms in total. The number of nitrogens with zero attached hydrogens (tertiary/aromatic N) is 4. The van der Waals surface area contributed by atoms with Crippen LogP contribution in [-0.2, 0) is 15.7 Å². The van der Waals surface area contributed by atoms with Crippen LogP contribution in [-0.4, -0.2) is 64.5 Å². The van der Waals surface area contributed by atoms with Crippen molar-refractivity contribution in [2.24, 2.45) is 0 Å². The second-order valence-electron chi connectivity index (χ2n) is 7.96. The molecule has 2 aliphatic heterocycles. The fourth-order valence-corrected chi connectivity index (χ4v) is 4.26. The summed E-state index contributed by atoms with van der Waals surface area (Å²) in [6.07, 6.45) is -7.33. The molecule has 2 aliphatic rings. The first kappa shape index (κ1) is 23.1. The lowest BCUT2D eigenvalue weighted by Gasteiger charge is -2.47. The van der Waals surface area contributed by atoms with Crippen molar-refractivity contribution < 1.29 is 36.6 Å². The van der Waals surface area contributed by atoms with Gasteiger partial charge in [0.15, 0.2) is 5.82 Å². The van der Waals surface area contributed by atoms with E-state index in [2.05, 4.69) is 10.2 Å². The Bertz CT molecular complexity index is 1050. The van der Waals surface area contributed by atoms with Gasteiger partial charge >= 0.3 is 6.18 Å². The highest BCUT2D eigenvalue weighted by Crippen LogP contribution is 2.39. The Morgan fingerprint density at radius 2 is 1.97 bits per heavy atom. The van der Waals surface area contributed by atoms with Gasteiger partial charge in [-0.1, -0.05) is 0 Å². The van der Waals surface area contributed by atoms with Gasteiger partial charge in [-0.05, 0) is 30.7 Å². The number of anilines is 1. The van der Waals surface area contributed by atoms with Crippen LogP contribution in [0.5, 0.6) is 5.75 Å². The minimum atomic E-state index is -4.70. The summed E-state index contributed by atoms with van der Waals surface area (Å²) in [6.45, 7) is 3.01. The molecule has 12 heteroatoms. The first-order valence-electron chi connectivity index (χ1n) is 10.3. The zero-order valence-corrected chi connectivity index (χ0v) is 17.5. The summed E-state index contributed by atoms with van der Waals surface area (Å²) in [5.41, 5.74) is -2.37. The molecule has 2 atom stereocenters. The van der Waals surface area contributed by atoms with Crippen molar-refractivity contribution in [1.29, 1.82) is 0 Å². The van der Waals surface area contributed by atoms with E-state index in [1.54, 1.807) is 9.80 Å². The lowest BCUT2D eigenvalue weighted by Crippen LogP contribution is -2.61. The van der Waals surface area contributed by atoms with Crippen LogP contribution in [0, 0.1) is 0 Å². The molecule has 2 aromatic rings. The number of carbonyl (C=O) groups is 1. The maximum absolute atomic E-state index is 13.9. The largest absolute Gasteiger partial charge is 0.507 e. The normalized spacial score (nSPS) is 21.3. The Morgan fingerprint density at radius 1 is 1.21 bits per heavy atom. The van der Waals surface area contributed by atoms with Crippen molar-refractivity contribution in [3.8, 4) is 17.0 Å². The molecule has 2 fully saturated rings. The van der Waals surface area contributed by atoms with E-state index < -0.39 is 35.2 Å². The van der Waals surface area contributed by atoms with Gasteiger partial charge in [-0.15, -0.1) is 10.2 Å². The molecule has 0 aliphatic carbocycles. The SMILES string of the molecule is CC(=O)N1CC[C@H]2OCCN(c3cc(C(F)F)c(-c4ccc(C(F)(F)F)cc4O)nn3)[C@H]2C1. The van der Waals surface area contributed by atoms with Gasteiger partial charge in [-0.25, -0.2) is 8.78 Å². The molecule has 0 unspecified atom stereocenters. The summed E-state index contributed by atoms with van der Waals surface area (Å²) in [6, 6.07) is 2.86. The number of phenolic OH excluding ortho intramolecular Hbond substituents is 1. The highest BCUT2D eigenvalue weighted by molar-refractivity contribution is 5.74. The topological polar surface area (TPSA) is 78.8 Å². The summed E-state index contributed by atoms with van der Waals surface area (Å²) in [5, 5.41) is 18.0. The first-order chi connectivity index (χ1) is 15.6. The third kappa shape index (κ3) is 4.56. The van der Waals surface area contributed by atoms with Gasteiger partial charge in [0.05, 0.1) is 24.3 Å². The predicted molar refractivity (Wildman–Crippen MR) is 107 cm³/mol. The summed E-state index contributed by atoms with van der Waals surface area (Å²) < 4.78 is 72.3. The molecule has 1 N–H and O–H groups in total. The Balaban J connectivity index is 1.70. The number of alkyl halides is 5. The minimum absolute atomic E-state index is 0.105. The third-order valence-electron chi connectivity index (χ3n) is 5.95. The number of likely N-dealkylation sites (tertiary alicyclic amines) is 1. The predicted octanol–water partition coefficient (Wildman–Crippen LogP) is 3.63. The number of halogens is 5. The molecule has 0 spiro atoms. The quantitative estimate of drug-likeness (QED) is 0.688. The van der Waals surface area contributed by atoms with E-state index in [0.29, 0.717) is 44.8 Å². The maximum atomic E-state index is 13.9. The monoisotopic (exact) mass is 472 g/mol. The van der Waals surface area contributed by atoms with Crippen molar-refractivity contribution >= 4 is 11.7 Å². The molecule has 0 radical (unpaired) electrons. The third-order valence-corrected chi connectivity index (χ3v) is 5.95. The van der Waals surface area contributed by atoms with E-state index in [1.807, 2.05) is 0 Å². The lowest BCUT2D eigenvalue weighted by atomic mass is 9.98. The standard InChI is InChI=1S/C21H21F5N4O3/c1-11(31)29-5-4-17-15(10-29)30(6-7-33-17)18-9-14(20(22)23)19(28-27-18)13-3-2-12(8-16(13)32)21(24,25)26/h2-3,8-9,15,17,20,32H,4-7,10H2,1H3/t15-,17+/m0/s1. The maximum Gasteiger partial charge on any atom is 0.416 e. The number of morpholine rings is 1. The van der Waals surface area contributed by atoms with Gasteiger partial charge < -0.3 is 19.6 Å². The fraction of sp³-hybridized carbons (Fsp3) is 0.476. The number of carbonyl (C=O) groups excluding carboxylic acids is 1. The van der Waals surface area contributed by atoms with E-state index in [9.17, 15) is 31.9 Å². The first-order valence-corrected chi connectivity index (χ1v) is 10.3. The van der Waals surface area contributed by atoms with Crippen molar-refractivity contribution in [2.45, 2.75) is 38.1 Å². The van der Waals surface area contributed by atoms with Crippen LogP contribution in [0.4, 0.5) is 27.8 Å². The molecular formula is C21H21F5N4O3. The number of hydrogen-bond acceptors (Lipinski definition) is 6. The Kier molecular flexibility index (Phi) is 6.12. The lowest BCUT2D eigenvalue weighted by molar-refractivity contribution is -0.137. The van der Waals surface area contributed by atoms with Crippen molar-refractivity contribution in [3.05, 3.63) is 35.4 Å². The number of rotatable bonds is 3. The molecule has 1 amide bonds. The van der Waals surface area contributed by atoms with E-state index in [-0.39, 0.29) is 29.4 Å². The fourth-order valence-electron chi connectivity index (χ4n) is 4.26. The van der Waals surface area contributed by atoms with E-state index in [0.717, 1.165) is 12.1 Å². The number of benzene rings is 1. The number of piperidine rings is 1. The molecule has 3 heterocycles. The van der Waals surface area contributed by atoms with Gasteiger partial charge in [0, 0.05) is 37.7 Å². The van der Waals surface area contributed by atoms with E-state index >= 15 is 0 Å². The molecule has 178 valence electrons. The Labute approximate surface area is 185 Å². The number of aromatic hydroxyl groups is 1. The Hall–Kier alpha value is -3.02. The number of fused-ring (bicyclic) bond motifs is 1. The molecule has 2 saturated heterocycles. The summed E-state index contributed by atoms with van der Waals surface area (Å²) >= 11 is 0. The Morgan fingerprint density at radius 3 is 2.61 bits per heavy atom. The average Bonchev–Trinajstić information content (AvgIpc) is 2.77. The van der Waals surface area contributed by atoms with Crippen LogP contribution >= 0.6 is 0 Å². The minimum Gasteiger partial charge on any atom is -0.507 e. The summed E-state index contributed by atoms with van der Waals surface area (Å²) in [7, 11) is 0. The molecule has 33 heavy (non-hydrogen) atoms. The molecule has 4 rings (SSSR count). The highest BCUT2D eigenvalue weighted by Gasteiger charge is 2.39. The highest BCUT2D eigenvalue weighted by atomic mass is 19.4. The van der Waals surface area contributed by atoms with Crippen LogP contribution in [0.2, 0.25) is 0 Å². The van der Waals surface area contributed by atoms with E-state index in [1.165, 1.54) is 6.92 Å². The number of hydrogen-bond donors (Lipinski definition) is 1. The number of ether oxygens (including phenoxy) is 1. The van der Waals surface area contributed by atoms with Gasteiger partial charge in [0.2, 0.25) is 5.91 Å². The number of aromatic nitrogens is 2. The average molecular weight is 472 g/mol. The number of amides is 1. The second-order valence-corrected chi connectivity index (χ2v) is 7.96. The van der Waals surface area contributed by atoms with Gasteiger partial charge in [0.1, 0.15) is 11.4 Å². The van der Waals surface area contributed by atoms with Crippen LogP contribution < -0.4 is 4.90 Å². The van der Waals surface area contributed by atoms with Crippen LogP contribution in [0.25, 0.3) is 11.3 Å². The zero-order chi connectivity index (χ0) is 23.9. The smallest absolute Gasteiger partial charge is 0.416 e. The van der Waals surface area contributed by atoms with Gasteiger partial charge in [-0.3, -0.25) is 4.79 Å². The van der Waals surface area contributed by atoms with E-state index in [4.69, 9.17) is 4.74 Å². The van der Waals surface area contributed by atoms with Crippen LogP contribution in [0.15, 0.2) is 24.3 Å². The molecular weight excluding hydrogens is 451 g/mol. The zero-order valence-electron chi connectivity index (χ0n) is 17.5. The summed E-state index contributed by atoms with van der Waals surface area (Å²) in [4.78, 5) is 15.2. The van der Waals surface area contributed by atoms with Crippen molar-refractivity contribution in [2.75, 3.05) is 31.1 Å². The van der Waals surface area contributed by atoms with Gasteiger partial charge in [0.25, 0.3) is 6.43 Å². The summed E-state index contributed by atoms with van der Waals surface area (Å²) in [5.74, 6) is -0.791. The molecule has 0 saturated carbocycles. The van der Waals surface area contributed by atoms with Crippen molar-refractivity contribution in [3.63, 3.8) is 0 Å². The molecule has 0 bridgehead atoms. The van der Waals surface area contributed by atoms with Crippen molar-refractivity contribution in [1.82, 2.24) is 15.1 Å². The molecule has 1 aromatic carbocycles. The molecule has 1 aromatic heterocycles. The van der Waals surface area contributed by atoms with Crippen LogP contribution in [0.3, 0.4) is 0 Å². The van der Waals surface area contributed by atoms with Crippen LogP contribution in [0.1, 0.15) is 30.9 Å². The van der Waals surface area contributed by atoms with Gasteiger partial charge in [-0.2, -0.15) is 13.2 Å².